The highest BCUT2D eigenvalue weighted by atomic mass is 32.1. The number of nitrogens with zero attached hydrogens (tertiary/aromatic N) is 3. The Hall–Kier alpha value is -2.13. The van der Waals surface area contributed by atoms with Crippen molar-refractivity contribution in [3.8, 4) is 6.07 Å². The number of benzene rings is 1. The predicted molar refractivity (Wildman–Crippen MR) is 82.3 cm³/mol. The minimum atomic E-state index is 0.476. The van der Waals surface area contributed by atoms with Crippen LogP contribution in [-0.2, 0) is 0 Å². The summed E-state index contributed by atoms with van der Waals surface area (Å²) < 4.78 is 0. The lowest BCUT2D eigenvalue weighted by Gasteiger charge is -2.17. The Balaban J connectivity index is 2.56. The molecule has 0 bridgehead atoms. The monoisotopic (exact) mass is 275 g/mol. The number of thiocarbonyl (C=S) groups is 1. The van der Waals surface area contributed by atoms with E-state index in [2.05, 4.69) is 21.9 Å². The van der Waals surface area contributed by atoms with Gasteiger partial charge in [-0.1, -0.05) is 12.1 Å². The largest absolute Gasteiger partial charge is 0.374 e. The average molecular weight is 275 g/mol. The lowest BCUT2D eigenvalue weighted by molar-refractivity contribution is 0.905. The zero-order valence-corrected chi connectivity index (χ0v) is 11.9. The molecule has 1 rings (SSSR count). The lowest BCUT2D eigenvalue weighted by Crippen LogP contribution is -2.28. The molecule has 0 aliphatic carbocycles. The zero-order valence-electron chi connectivity index (χ0n) is 11.1. The Morgan fingerprint density at radius 2 is 2.16 bits per heavy atom. The molecular formula is C13H17N5S. The van der Waals surface area contributed by atoms with E-state index in [-0.39, 0.29) is 0 Å². The van der Waals surface area contributed by atoms with Gasteiger partial charge in [0.2, 0.25) is 0 Å². The average Bonchev–Trinajstić information content (AvgIpc) is 2.45. The van der Waals surface area contributed by atoms with E-state index in [9.17, 15) is 0 Å². The van der Waals surface area contributed by atoms with Crippen molar-refractivity contribution in [2.45, 2.75) is 6.42 Å². The van der Waals surface area contributed by atoms with Crippen molar-refractivity contribution in [3.63, 3.8) is 0 Å². The Kier molecular flexibility index (Phi) is 6.33. The molecule has 0 amide bonds. The summed E-state index contributed by atoms with van der Waals surface area (Å²) in [7, 11) is 3.70. The highest BCUT2D eigenvalue weighted by Gasteiger charge is 1.99. The van der Waals surface area contributed by atoms with Crippen LogP contribution in [-0.4, -0.2) is 32.0 Å². The molecule has 0 radical (unpaired) electrons. The van der Waals surface area contributed by atoms with Gasteiger partial charge >= 0.3 is 0 Å². The summed E-state index contributed by atoms with van der Waals surface area (Å²) in [5.41, 5.74) is 4.74. The molecule has 0 aliphatic heterocycles. The molecule has 0 saturated heterocycles. The van der Waals surface area contributed by atoms with Crippen molar-refractivity contribution < 1.29 is 0 Å². The summed E-state index contributed by atoms with van der Waals surface area (Å²) >= 11 is 4.90. The van der Waals surface area contributed by atoms with Crippen molar-refractivity contribution in [2.75, 3.05) is 25.5 Å². The van der Waals surface area contributed by atoms with Gasteiger partial charge < -0.3 is 10.2 Å². The Morgan fingerprint density at radius 3 is 2.74 bits per heavy atom. The van der Waals surface area contributed by atoms with Crippen LogP contribution in [0.1, 0.15) is 12.0 Å². The van der Waals surface area contributed by atoms with Crippen molar-refractivity contribution in [1.29, 1.82) is 5.26 Å². The Morgan fingerprint density at radius 1 is 1.47 bits per heavy atom. The molecule has 1 aromatic rings. The summed E-state index contributed by atoms with van der Waals surface area (Å²) in [6.07, 6.45) is 2.22. The normalized spacial score (nSPS) is 9.95. The van der Waals surface area contributed by atoms with Gasteiger partial charge in [0, 0.05) is 26.3 Å². The van der Waals surface area contributed by atoms with Crippen LogP contribution in [0.5, 0.6) is 0 Å². The third kappa shape index (κ3) is 5.36. The zero-order chi connectivity index (χ0) is 14.1. The van der Waals surface area contributed by atoms with Gasteiger partial charge in [-0.15, -0.1) is 0 Å². The van der Waals surface area contributed by atoms with Crippen LogP contribution in [0.25, 0.3) is 0 Å². The van der Waals surface area contributed by atoms with Crippen LogP contribution in [0.15, 0.2) is 29.4 Å². The molecule has 0 fully saturated rings. The molecule has 0 aromatic heterocycles. The van der Waals surface area contributed by atoms with Crippen LogP contribution in [0.3, 0.4) is 0 Å². The molecule has 100 valence electrons. The maximum Gasteiger partial charge on any atom is 0.186 e. The van der Waals surface area contributed by atoms with Crippen molar-refractivity contribution >= 4 is 29.2 Å². The van der Waals surface area contributed by atoms with Gasteiger partial charge in [0.15, 0.2) is 5.11 Å². The van der Waals surface area contributed by atoms with Gasteiger partial charge in [0.05, 0.1) is 18.7 Å². The fraction of sp³-hybridized carbons (Fsp3) is 0.308. The number of hydrogen-bond donors (Lipinski definition) is 2. The smallest absolute Gasteiger partial charge is 0.186 e. The fourth-order valence-corrected chi connectivity index (χ4v) is 1.44. The number of anilines is 1. The molecule has 0 atom stereocenters. The summed E-state index contributed by atoms with van der Waals surface area (Å²) in [5.74, 6) is 0. The van der Waals surface area contributed by atoms with E-state index >= 15 is 0 Å². The summed E-state index contributed by atoms with van der Waals surface area (Å²) in [6.45, 7) is 0.724. The second-order valence-corrected chi connectivity index (χ2v) is 4.28. The first-order chi connectivity index (χ1) is 9.17. The number of hydrogen-bond acceptors (Lipinski definition) is 4. The molecule has 6 heteroatoms. The maximum atomic E-state index is 8.55. The van der Waals surface area contributed by atoms with Crippen LogP contribution >= 0.6 is 12.2 Å². The van der Waals surface area contributed by atoms with Gasteiger partial charge in [-0.2, -0.15) is 10.4 Å². The van der Waals surface area contributed by atoms with Gasteiger partial charge in [-0.05, 0) is 29.9 Å². The topological polar surface area (TPSA) is 63.5 Å². The summed E-state index contributed by atoms with van der Waals surface area (Å²) in [4.78, 5) is 2.04. The quantitative estimate of drug-likeness (QED) is 0.484. The Labute approximate surface area is 118 Å². The molecule has 1 aromatic carbocycles. The van der Waals surface area contributed by atoms with E-state index in [0.717, 1.165) is 17.8 Å². The minimum Gasteiger partial charge on any atom is -0.374 e. The second kappa shape index (κ2) is 8.06. The standard InChI is InChI=1S/C13H17N5S/c1-15-13(19)17-16-10-11-4-6-12(7-5-11)18(2)9-3-8-14/h4-7,10H,3,9H2,1-2H3,(H2,15,17,19)/b16-10+. The SMILES string of the molecule is CNC(=S)N/N=C/c1ccc(N(C)CCC#N)cc1. The van der Waals surface area contributed by atoms with Crippen LogP contribution in [0.4, 0.5) is 5.69 Å². The van der Waals surface area contributed by atoms with E-state index in [1.54, 1.807) is 13.3 Å². The number of hydrazone groups is 1. The van der Waals surface area contributed by atoms with Crippen molar-refractivity contribution in [1.82, 2.24) is 10.7 Å². The third-order valence-corrected chi connectivity index (χ3v) is 2.80. The number of rotatable bonds is 5. The molecule has 19 heavy (non-hydrogen) atoms. The second-order valence-electron chi connectivity index (χ2n) is 3.87. The molecule has 2 N–H and O–H groups in total. The van der Waals surface area contributed by atoms with Crippen LogP contribution in [0, 0.1) is 11.3 Å². The highest BCUT2D eigenvalue weighted by molar-refractivity contribution is 7.80. The molecule has 0 unspecified atom stereocenters. The molecule has 0 heterocycles. The van der Waals surface area contributed by atoms with Gasteiger partial charge in [0.1, 0.15) is 0 Å². The molecule has 0 spiro atoms. The summed E-state index contributed by atoms with van der Waals surface area (Å²) in [5, 5.41) is 15.8. The van der Waals surface area contributed by atoms with Gasteiger partial charge in [-0.25, -0.2) is 0 Å². The molecule has 0 saturated carbocycles. The maximum absolute atomic E-state index is 8.55. The molecule has 5 nitrogen and oxygen atoms in total. The molecule has 0 aliphatic rings. The highest BCUT2D eigenvalue weighted by Crippen LogP contribution is 2.13. The number of nitriles is 1. The van der Waals surface area contributed by atoms with Gasteiger partial charge in [0.25, 0.3) is 0 Å². The first-order valence-electron chi connectivity index (χ1n) is 5.86. The van der Waals surface area contributed by atoms with Gasteiger partial charge in [-0.3, -0.25) is 5.43 Å². The fourth-order valence-electron chi connectivity index (χ4n) is 1.38. The summed E-state index contributed by atoms with van der Waals surface area (Å²) in [6, 6.07) is 10.1. The van der Waals surface area contributed by atoms with E-state index in [0.29, 0.717) is 11.5 Å². The first-order valence-corrected chi connectivity index (χ1v) is 6.27. The van der Waals surface area contributed by atoms with E-state index in [4.69, 9.17) is 17.5 Å². The van der Waals surface area contributed by atoms with Crippen molar-refractivity contribution in [3.05, 3.63) is 29.8 Å². The van der Waals surface area contributed by atoms with Crippen molar-refractivity contribution in [2.24, 2.45) is 5.10 Å². The first kappa shape index (κ1) is 14.9. The van der Waals surface area contributed by atoms with E-state index in [1.165, 1.54) is 0 Å². The Bertz CT molecular complexity index is 475. The van der Waals surface area contributed by atoms with E-state index < -0.39 is 0 Å². The third-order valence-electron chi connectivity index (χ3n) is 2.50. The van der Waals surface area contributed by atoms with Crippen LogP contribution < -0.4 is 15.6 Å². The minimum absolute atomic E-state index is 0.476. The number of nitrogens with one attached hydrogen (secondary N) is 2. The molecular weight excluding hydrogens is 258 g/mol. The van der Waals surface area contributed by atoms with E-state index in [1.807, 2.05) is 36.2 Å². The predicted octanol–water partition coefficient (Wildman–Crippen LogP) is 1.46. The lowest BCUT2D eigenvalue weighted by atomic mass is 10.2. The van der Waals surface area contributed by atoms with Crippen LogP contribution in [0.2, 0.25) is 0 Å².